The minimum absolute atomic E-state index is 0.0396. The predicted octanol–water partition coefficient (Wildman–Crippen LogP) is 5.46. The highest BCUT2D eigenvalue weighted by Crippen LogP contribution is 2.37. The fourth-order valence-corrected chi connectivity index (χ4v) is 3.71. The van der Waals surface area contributed by atoms with E-state index in [0.29, 0.717) is 29.2 Å². The molecule has 1 saturated carbocycles. The summed E-state index contributed by atoms with van der Waals surface area (Å²) in [7, 11) is 0. The van der Waals surface area contributed by atoms with Gasteiger partial charge in [0.1, 0.15) is 5.78 Å². The lowest BCUT2D eigenvalue weighted by atomic mass is 9.73. The molecule has 0 saturated heterocycles. The fraction of sp³-hybridized carbons (Fsp3) is 0.333. The van der Waals surface area contributed by atoms with Crippen LogP contribution in [0.4, 0.5) is 0 Å². The van der Waals surface area contributed by atoms with Gasteiger partial charge in [-0.3, -0.25) is 9.59 Å². The molecule has 2 aromatic carbocycles. The summed E-state index contributed by atoms with van der Waals surface area (Å²) >= 11 is 5.90. The SMILES string of the molecule is O=C(C[C@H](c1ccccc1)[C@H]1CCCCC1=O)c1ccc(Cl)cc1. The van der Waals surface area contributed by atoms with Gasteiger partial charge in [-0.05, 0) is 42.7 Å². The van der Waals surface area contributed by atoms with Gasteiger partial charge in [0.2, 0.25) is 0 Å². The maximum atomic E-state index is 12.7. The lowest BCUT2D eigenvalue weighted by molar-refractivity contribution is -0.125. The first kappa shape index (κ1) is 16.9. The second-order valence-corrected chi connectivity index (χ2v) is 6.91. The number of ketones is 2. The van der Waals surface area contributed by atoms with Gasteiger partial charge in [-0.15, -0.1) is 0 Å². The molecule has 0 aliphatic heterocycles. The highest BCUT2D eigenvalue weighted by atomic mass is 35.5. The molecule has 2 aromatic rings. The van der Waals surface area contributed by atoms with E-state index in [4.69, 9.17) is 11.6 Å². The summed E-state index contributed by atoms with van der Waals surface area (Å²) in [6.45, 7) is 0. The molecule has 1 aliphatic carbocycles. The van der Waals surface area contributed by atoms with Crippen LogP contribution in [0, 0.1) is 5.92 Å². The molecule has 0 amide bonds. The molecule has 0 bridgehead atoms. The van der Waals surface area contributed by atoms with Gasteiger partial charge < -0.3 is 0 Å². The zero-order chi connectivity index (χ0) is 16.9. The summed E-state index contributed by atoms with van der Waals surface area (Å²) in [5.41, 5.74) is 1.74. The Morgan fingerprint density at radius 1 is 1.04 bits per heavy atom. The van der Waals surface area contributed by atoms with Crippen molar-refractivity contribution in [3.05, 3.63) is 70.7 Å². The lowest BCUT2D eigenvalue weighted by Crippen LogP contribution is -2.27. The van der Waals surface area contributed by atoms with Crippen molar-refractivity contribution in [3.8, 4) is 0 Å². The smallest absolute Gasteiger partial charge is 0.163 e. The second-order valence-electron chi connectivity index (χ2n) is 6.47. The zero-order valence-electron chi connectivity index (χ0n) is 13.6. The lowest BCUT2D eigenvalue weighted by Gasteiger charge is -2.29. The first-order valence-electron chi connectivity index (χ1n) is 8.51. The second kappa shape index (κ2) is 7.76. The van der Waals surface area contributed by atoms with Gasteiger partial charge in [0.05, 0.1) is 0 Å². The van der Waals surface area contributed by atoms with Crippen LogP contribution in [0.2, 0.25) is 5.02 Å². The summed E-state index contributed by atoms with van der Waals surface area (Å²) in [4.78, 5) is 25.2. The Morgan fingerprint density at radius 3 is 2.42 bits per heavy atom. The van der Waals surface area contributed by atoms with Crippen molar-refractivity contribution in [2.45, 2.75) is 38.0 Å². The molecule has 124 valence electrons. The Kier molecular flexibility index (Phi) is 5.47. The number of rotatable bonds is 5. The van der Waals surface area contributed by atoms with E-state index in [1.165, 1.54) is 0 Å². The highest BCUT2D eigenvalue weighted by Gasteiger charge is 2.32. The average molecular weight is 341 g/mol. The summed E-state index contributed by atoms with van der Waals surface area (Å²) in [6, 6.07) is 17.0. The fourth-order valence-electron chi connectivity index (χ4n) is 3.58. The minimum Gasteiger partial charge on any atom is -0.299 e. The van der Waals surface area contributed by atoms with Crippen LogP contribution in [-0.4, -0.2) is 11.6 Å². The van der Waals surface area contributed by atoms with E-state index in [9.17, 15) is 9.59 Å². The van der Waals surface area contributed by atoms with Crippen molar-refractivity contribution >= 4 is 23.2 Å². The molecule has 2 atom stereocenters. The molecule has 3 heteroatoms. The molecule has 3 rings (SSSR count). The van der Waals surface area contributed by atoms with Gasteiger partial charge in [-0.25, -0.2) is 0 Å². The maximum absolute atomic E-state index is 12.7. The van der Waals surface area contributed by atoms with Crippen LogP contribution < -0.4 is 0 Å². The standard InChI is InChI=1S/C21H21ClO2/c22-17-12-10-16(11-13-17)21(24)14-19(15-6-2-1-3-7-15)18-8-4-5-9-20(18)23/h1-3,6-7,10-13,18-19H,4-5,8-9,14H2/t18-,19-/m1/s1. The largest absolute Gasteiger partial charge is 0.299 e. The monoisotopic (exact) mass is 340 g/mol. The van der Waals surface area contributed by atoms with Crippen LogP contribution in [-0.2, 0) is 4.79 Å². The third kappa shape index (κ3) is 3.93. The van der Waals surface area contributed by atoms with Crippen LogP contribution in [0.3, 0.4) is 0 Å². The van der Waals surface area contributed by atoms with Crippen molar-refractivity contribution in [2.75, 3.05) is 0 Å². The van der Waals surface area contributed by atoms with E-state index in [0.717, 1.165) is 24.8 Å². The van der Waals surface area contributed by atoms with Crippen LogP contribution in [0.1, 0.15) is 53.9 Å². The van der Waals surface area contributed by atoms with E-state index in [1.54, 1.807) is 24.3 Å². The van der Waals surface area contributed by atoms with E-state index < -0.39 is 0 Å². The molecule has 0 N–H and O–H groups in total. The summed E-state index contributed by atoms with van der Waals surface area (Å²) < 4.78 is 0. The summed E-state index contributed by atoms with van der Waals surface area (Å²) in [5.74, 6) is 0.289. The number of halogens is 1. The minimum atomic E-state index is -0.0441. The van der Waals surface area contributed by atoms with Crippen LogP contribution in [0.5, 0.6) is 0 Å². The quantitative estimate of drug-likeness (QED) is 0.677. The van der Waals surface area contributed by atoms with Gasteiger partial charge >= 0.3 is 0 Å². The maximum Gasteiger partial charge on any atom is 0.163 e. The van der Waals surface area contributed by atoms with Gasteiger partial charge in [0, 0.05) is 35.3 Å². The van der Waals surface area contributed by atoms with Crippen LogP contribution in [0.15, 0.2) is 54.6 Å². The Labute approximate surface area is 147 Å². The van der Waals surface area contributed by atoms with Crippen LogP contribution in [0.25, 0.3) is 0 Å². The third-order valence-corrected chi connectivity index (χ3v) is 5.14. The van der Waals surface area contributed by atoms with Crippen molar-refractivity contribution in [1.82, 2.24) is 0 Å². The first-order valence-corrected chi connectivity index (χ1v) is 8.89. The number of benzene rings is 2. The van der Waals surface area contributed by atoms with E-state index in [-0.39, 0.29) is 17.6 Å². The van der Waals surface area contributed by atoms with Gasteiger partial charge in [0.15, 0.2) is 5.78 Å². The van der Waals surface area contributed by atoms with Crippen molar-refractivity contribution in [2.24, 2.45) is 5.92 Å². The van der Waals surface area contributed by atoms with Crippen LogP contribution >= 0.6 is 11.6 Å². The topological polar surface area (TPSA) is 34.1 Å². The van der Waals surface area contributed by atoms with Gasteiger partial charge in [0.25, 0.3) is 0 Å². The molecule has 0 heterocycles. The van der Waals surface area contributed by atoms with E-state index in [1.807, 2.05) is 30.3 Å². The summed E-state index contributed by atoms with van der Waals surface area (Å²) in [5, 5.41) is 0.619. The number of hydrogen-bond donors (Lipinski definition) is 0. The van der Waals surface area contributed by atoms with Crippen molar-refractivity contribution in [3.63, 3.8) is 0 Å². The Hall–Kier alpha value is -1.93. The highest BCUT2D eigenvalue weighted by molar-refractivity contribution is 6.30. The van der Waals surface area contributed by atoms with E-state index >= 15 is 0 Å². The summed E-state index contributed by atoms with van der Waals surface area (Å²) in [6.07, 6.45) is 3.92. The zero-order valence-corrected chi connectivity index (χ0v) is 14.3. The molecule has 2 nitrogen and oxygen atoms in total. The van der Waals surface area contributed by atoms with Gasteiger partial charge in [-0.2, -0.15) is 0 Å². The molecule has 0 unspecified atom stereocenters. The van der Waals surface area contributed by atoms with E-state index in [2.05, 4.69) is 0 Å². The first-order chi connectivity index (χ1) is 11.6. The molecule has 24 heavy (non-hydrogen) atoms. The van der Waals surface area contributed by atoms with Crippen molar-refractivity contribution in [1.29, 1.82) is 0 Å². The molecule has 0 spiro atoms. The Morgan fingerprint density at radius 2 is 1.75 bits per heavy atom. The van der Waals surface area contributed by atoms with Crippen molar-refractivity contribution < 1.29 is 9.59 Å². The predicted molar refractivity (Wildman–Crippen MR) is 96.5 cm³/mol. The molecule has 0 aromatic heterocycles. The number of carbonyl (C=O) groups is 2. The Balaban J connectivity index is 1.85. The third-order valence-electron chi connectivity index (χ3n) is 4.89. The molecule has 1 aliphatic rings. The normalized spacial score (nSPS) is 19.0. The Bertz CT molecular complexity index is 706. The number of hydrogen-bond acceptors (Lipinski definition) is 2. The number of carbonyl (C=O) groups excluding carboxylic acids is 2. The van der Waals surface area contributed by atoms with Gasteiger partial charge in [-0.1, -0.05) is 48.4 Å². The number of Topliss-reactive ketones (excluding diaryl/α,β-unsaturated/α-hetero) is 2. The molecular weight excluding hydrogens is 320 g/mol. The molecule has 1 fully saturated rings. The average Bonchev–Trinajstić information content (AvgIpc) is 2.61. The molecular formula is C21H21ClO2. The molecule has 0 radical (unpaired) electrons.